The van der Waals surface area contributed by atoms with Gasteiger partial charge in [-0.25, -0.2) is 0 Å². The third-order valence-electron chi connectivity index (χ3n) is 3.86. The molecule has 1 heterocycles. The highest BCUT2D eigenvalue weighted by Crippen LogP contribution is 2.35. The van der Waals surface area contributed by atoms with Gasteiger partial charge in [0.2, 0.25) is 0 Å². The monoisotopic (exact) mass is 287 g/mol. The minimum atomic E-state index is 0.00849. The average Bonchev–Trinajstić information content (AvgIpc) is 2.69. The van der Waals surface area contributed by atoms with Crippen LogP contribution in [0.15, 0.2) is 42.5 Å². The highest BCUT2D eigenvalue weighted by molar-refractivity contribution is 6.30. The smallest absolute Gasteiger partial charge is 0.0702 e. The lowest BCUT2D eigenvalue weighted by Crippen LogP contribution is -2.19. The van der Waals surface area contributed by atoms with Crippen molar-refractivity contribution in [3.8, 4) is 0 Å². The maximum atomic E-state index is 9.61. The second kappa shape index (κ2) is 5.86. The van der Waals surface area contributed by atoms with Crippen molar-refractivity contribution < 1.29 is 5.11 Å². The van der Waals surface area contributed by atoms with E-state index in [1.54, 1.807) is 0 Å². The molecule has 1 aliphatic rings. The number of fused-ring (bicyclic) bond motifs is 1. The van der Waals surface area contributed by atoms with Crippen LogP contribution in [0.25, 0.3) is 0 Å². The Kier molecular flexibility index (Phi) is 3.95. The topological polar surface area (TPSA) is 23.5 Å². The van der Waals surface area contributed by atoms with E-state index in [4.69, 9.17) is 11.6 Å². The molecular weight excluding hydrogens is 270 g/mol. The number of hydrogen-bond donors (Lipinski definition) is 1. The summed E-state index contributed by atoms with van der Waals surface area (Å²) in [6.07, 6.45) is 3.48. The Morgan fingerprint density at radius 1 is 1.05 bits per heavy atom. The molecule has 0 aromatic heterocycles. The first-order chi connectivity index (χ1) is 9.79. The Labute approximate surface area is 124 Å². The van der Waals surface area contributed by atoms with Gasteiger partial charge in [-0.05, 0) is 49.1 Å². The zero-order valence-corrected chi connectivity index (χ0v) is 12.1. The standard InChI is InChI=1S/C17H18ClNO/c18-15-8-9-17(14(11-15)12-20)19-10-4-3-6-13-5-1-2-7-16(13)19/h1-2,5,7-9,11,20H,3-4,6,10,12H2. The van der Waals surface area contributed by atoms with E-state index in [1.165, 1.54) is 17.7 Å². The fourth-order valence-electron chi connectivity index (χ4n) is 2.89. The maximum Gasteiger partial charge on any atom is 0.0702 e. The predicted octanol–water partition coefficient (Wildman–Crippen LogP) is 4.31. The van der Waals surface area contributed by atoms with Crippen LogP contribution in [0.3, 0.4) is 0 Å². The van der Waals surface area contributed by atoms with Gasteiger partial charge < -0.3 is 10.0 Å². The van der Waals surface area contributed by atoms with Crippen LogP contribution in [-0.4, -0.2) is 11.7 Å². The molecular formula is C17H18ClNO. The molecule has 0 aliphatic carbocycles. The van der Waals surface area contributed by atoms with Crippen LogP contribution in [0.1, 0.15) is 24.0 Å². The van der Waals surface area contributed by atoms with Gasteiger partial charge in [0.05, 0.1) is 6.61 Å². The second-order valence-electron chi connectivity index (χ2n) is 5.17. The number of aliphatic hydroxyl groups excluding tert-OH is 1. The molecule has 0 atom stereocenters. The van der Waals surface area contributed by atoms with Crippen molar-refractivity contribution in [2.75, 3.05) is 11.4 Å². The SMILES string of the molecule is OCc1cc(Cl)ccc1N1CCCCc2ccccc21. The summed E-state index contributed by atoms with van der Waals surface area (Å²) in [5.74, 6) is 0. The van der Waals surface area contributed by atoms with E-state index in [9.17, 15) is 5.11 Å². The van der Waals surface area contributed by atoms with Crippen molar-refractivity contribution in [1.82, 2.24) is 0 Å². The molecule has 0 fully saturated rings. The Morgan fingerprint density at radius 3 is 2.75 bits per heavy atom. The zero-order chi connectivity index (χ0) is 13.9. The molecule has 1 N–H and O–H groups in total. The summed E-state index contributed by atoms with van der Waals surface area (Å²) in [5, 5.41) is 10.3. The first kappa shape index (κ1) is 13.5. The molecule has 2 aromatic carbocycles. The number of rotatable bonds is 2. The van der Waals surface area contributed by atoms with E-state index in [1.807, 2.05) is 18.2 Å². The van der Waals surface area contributed by atoms with Crippen molar-refractivity contribution in [3.63, 3.8) is 0 Å². The fourth-order valence-corrected chi connectivity index (χ4v) is 3.08. The van der Waals surface area contributed by atoms with Gasteiger partial charge in [0.15, 0.2) is 0 Å². The van der Waals surface area contributed by atoms with Crippen molar-refractivity contribution in [2.24, 2.45) is 0 Å². The van der Waals surface area contributed by atoms with E-state index in [0.717, 1.165) is 30.6 Å². The summed E-state index contributed by atoms with van der Waals surface area (Å²) in [7, 11) is 0. The summed E-state index contributed by atoms with van der Waals surface area (Å²) in [6.45, 7) is 0.986. The summed E-state index contributed by atoms with van der Waals surface area (Å²) in [5.41, 5.74) is 4.58. The lowest BCUT2D eigenvalue weighted by atomic mass is 10.1. The van der Waals surface area contributed by atoms with Crippen LogP contribution >= 0.6 is 11.6 Å². The number of halogens is 1. The molecule has 0 saturated carbocycles. The van der Waals surface area contributed by atoms with E-state index < -0.39 is 0 Å². The molecule has 0 amide bonds. The summed E-state index contributed by atoms with van der Waals surface area (Å²) in [4.78, 5) is 2.31. The van der Waals surface area contributed by atoms with E-state index in [-0.39, 0.29) is 6.61 Å². The third kappa shape index (κ3) is 2.54. The van der Waals surface area contributed by atoms with Gasteiger partial charge in [-0.1, -0.05) is 29.8 Å². The largest absolute Gasteiger partial charge is 0.392 e. The number of aliphatic hydroxyl groups is 1. The van der Waals surface area contributed by atoms with Crippen molar-refractivity contribution in [3.05, 3.63) is 58.6 Å². The molecule has 1 aliphatic heterocycles. The van der Waals surface area contributed by atoms with E-state index in [2.05, 4.69) is 29.2 Å². The molecule has 0 bridgehead atoms. The van der Waals surface area contributed by atoms with Crippen LogP contribution in [0.2, 0.25) is 5.02 Å². The van der Waals surface area contributed by atoms with E-state index in [0.29, 0.717) is 5.02 Å². The first-order valence-electron chi connectivity index (χ1n) is 7.04. The van der Waals surface area contributed by atoms with Gasteiger partial charge in [-0.3, -0.25) is 0 Å². The third-order valence-corrected chi connectivity index (χ3v) is 4.10. The summed E-state index contributed by atoms with van der Waals surface area (Å²) < 4.78 is 0. The normalized spacial score (nSPS) is 14.8. The second-order valence-corrected chi connectivity index (χ2v) is 5.61. The number of anilines is 2. The molecule has 104 valence electrons. The van der Waals surface area contributed by atoms with Crippen LogP contribution in [-0.2, 0) is 13.0 Å². The molecule has 0 spiro atoms. The Balaban J connectivity index is 2.10. The fraction of sp³-hybridized carbons (Fsp3) is 0.294. The quantitative estimate of drug-likeness (QED) is 0.890. The van der Waals surface area contributed by atoms with Gasteiger partial charge in [0.25, 0.3) is 0 Å². The minimum absolute atomic E-state index is 0.00849. The summed E-state index contributed by atoms with van der Waals surface area (Å²) >= 11 is 6.04. The molecule has 0 unspecified atom stereocenters. The average molecular weight is 288 g/mol. The Hall–Kier alpha value is -1.51. The highest BCUT2D eigenvalue weighted by Gasteiger charge is 2.18. The number of aryl methyl sites for hydroxylation is 1. The van der Waals surface area contributed by atoms with Crippen LogP contribution < -0.4 is 4.90 Å². The molecule has 0 radical (unpaired) electrons. The highest BCUT2D eigenvalue weighted by atomic mass is 35.5. The van der Waals surface area contributed by atoms with Crippen LogP contribution in [0.5, 0.6) is 0 Å². The van der Waals surface area contributed by atoms with Gasteiger partial charge in [-0.15, -0.1) is 0 Å². The molecule has 0 saturated heterocycles. The molecule has 2 aromatic rings. The molecule has 2 nitrogen and oxygen atoms in total. The zero-order valence-electron chi connectivity index (χ0n) is 11.3. The summed E-state index contributed by atoms with van der Waals surface area (Å²) in [6, 6.07) is 14.3. The number of benzene rings is 2. The first-order valence-corrected chi connectivity index (χ1v) is 7.42. The van der Waals surface area contributed by atoms with Gasteiger partial charge in [0.1, 0.15) is 0 Å². The van der Waals surface area contributed by atoms with Crippen molar-refractivity contribution in [2.45, 2.75) is 25.9 Å². The van der Waals surface area contributed by atoms with E-state index >= 15 is 0 Å². The number of hydrogen-bond acceptors (Lipinski definition) is 2. The van der Waals surface area contributed by atoms with Crippen molar-refractivity contribution >= 4 is 23.0 Å². The van der Waals surface area contributed by atoms with Crippen molar-refractivity contribution in [1.29, 1.82) is 0 Å². The van der Waals surface area contributed by atoms with Crippen LogP contribution in [0, 0.1) is 0 Å². The maximum absolute atomic E-state index is 9.61. The van der Waals surface area contributed by atoms with Gasteiger partial charge >= 0.3 is 0 Å². The molecule has 20 heavy (non-hydrogen) atoms. The minimum Gasteiger partial charge on any atom is -0.392 e. The molecule has 3 heteroatoms. The number of para-hydroxylation sites is 1. The number of nitrogens with zero attached hydrogens (tertiary/aromatic N) is 1. The van der Waals surface area contributed by atoms with Crippen LogP contribution in [0.4, 0.5) is 11.4 Å². The van der Waals surface area contributed by atoms with Gasteiger partial charge in [-0.2, -0.15) is 0 Å². The Morgan fingerprint density at radius 2 is 1.90 bits per heavy atom. The Bertz CT molecular complexity index is 612. The van der Waals surface area contributed by atoms with Gasteiger partial charge in [0, 0.05) is 28.5 Å². The lowest BCUT2D eigenvalue weighted by molar-refractivity contribution is 0.282. The molecule has 3 rings (SSSR count). The lowest BCUT2D eigenvalue weighted by Gasteiger charge is -2.27. The predicted molar refractivity (Wildman–Crippen MR) is 83.8 cm³/mol.